The molecule has 0 bridgehead atoms. The molecule has 0 aliphatic heterocycles. The summed E-state index contributed by atoms with van der Waals surface area (Å²) in [7, 11) is 1.62. The Hall–Kier alpha value is -2.90. The summed E-state index contributed by atoms with van der Waals surface area (Å²) >= 11 is 8.09. The zero-order chi connectivity index (χ0) is 20.2. The second-order valence-electron chi connectivity index (χ2n) is 7.46. The first kappa shape index (κ1) is 17.9. The monoisotopic (exact) mass is 435 g/mol. The number of hydrogen-bond acceptors (Lipinski definition) is 6. The van der Waals surface area contributed by atoms with E-state index < -0.39 is 0 Å². The van der Waals surface area contributed by atoms with Crippen LogP contribution < -0.4 is 10.1 Å². The number of hydrogen-bond donors (Lipinski definition) is 1. The zero-order valence-electron chi connectivity index (χ0n) is 16.2. The van der Waals surface area contributed by atoms with Gasteiger partial charge < -0.3 is 10.1 Å². The van der Waals surface area contributed by atoms with Gasteiger partial charge in [-0.2, -0.15) is 15.1 Å². The summed E-state index contributed by atoms with van der Waals surface area (Å²) in [5.41, 5.74) is 3.85. The summed E-state index contributed by atoms with van der Waals surface area (Å²) in [6.45, 7) is 0.599. The molecule has 0 spiro atoms. The molecule has 30 heavy (non-hydrogen) atoms. The molecule has 1 N–H and O–H groups in total. The summed E-state index contributed by atoms with van der Waals surface area (Å²) in [5.74, 6) is 2.66. The number of methoxy groups -OCH3 is 1. The molecule has 150 valence electrons. The summed E-state index contributed by atoms with van der Waals surface area (Å²) in [6, 6.07) is 7.68. The van der Waals surface area contributed by atoms with E-state index in [0.29, 0.717) is 29.2 Å². The van der Waals surface area contributed by atoms with Gasteiger partial charge in [0, 0.05) is 35.3 Å². The first-order valence-electron chi connectivity index (χ1n) is 9.84. The van der Waals surface area contributed by atoms with Crippen molar-refractivity contribution in [2.45, 2.75) is 25.3 Å². The molecule has 3 heterocycles. The van der Waals surface area contributed by atoms with Crippen LogP contribution in [-0.2, 0) is 6.54 Å². The highest BCUT2D eigenvalue weighted by atomic mass is 35.5. The molecule has 1 unspecified atom stereocenters. The van der Waals surface area contributed by atoms with Crippen molar-refractivity contribution in [3.63, 3.8) is 0 Å². The Morgan fingerprint density at radius 1 is 1.33 bits per heavy atom. The molecule has 3 aromatic heterocycles. The van der Waals surface area contributed by atoms with Crippen LogP contribution in [0.5, 0.6) is 5.75 Å². The molecule has 0 radical (unpaired) electrons. The number of aromatic nitrogens is 4. The van der Waals surface area contributed by atoms with Crippen LogP contribution in [0.25, 0.3) is 21.7 Å². The van der Waals surface area contributed by atoms with Crippen molar-refractivity contribution in [3.05, 3.63) is 63.8 Å². The van der Waals surface area contributed by atoms with Crippen LogP contribution in [0, 0.1) is 0 Å². The Labute approximate surface area is 182 Å². The maximum atomic E-state index is 6.30. The molecule has 2 aliphatic carbocycles. The summed E-state index contributed by atoms with van der Waals surface area (Å²) in [5, 5.41) is 9.56. The van der Waals surface area contributed by atoms with E-state index in [1.165, 1.54) is 22.4 Å². The highest BCUT2D eigenvalue weighted by Gasteiger charge is 2.39. The van der Waals surface area contributed by atoms with Gasteiger partial charge in [-0.25, -0.2) is 4.68 Å². The summed E-state index contributed by atoms with van der Waals surface area (Å²) < 4.78 is 6.96. The predicted octanol–water partition coefficient (Wildman–Crippen LogP) is 5.43. The third-order valence-corrected chi connectivity index (χ3v) is 7.25. The number of nitrogens with zero attached hydrogens (tertiary/aromatic N) is 4. The van der Waals surface area contributed by atoms with Gasteiger partial charge >= 0.3 is 0 Å². The zero-order valence-corrected chi connectivity index (χ0v) is 17.8. The van der Waals surface area contributed by atoms with Crippen LogP contribution in [-0.4, -0.2) is 26.9 Å². The lowest BCUT2D eigenvalue weighted by molar-refractivity contribution is 0.415. The second kappa shape index (κ2) is 6.82. The van der Waals surface area contributed by atoms with E-state index in [4.69, 9.17) is 26.3 Å². The fraction of sp³-hybridized carbons (Fsp3) is 0.227. The van der Waals surface area contributed by atoms with Crippen LogP contribution in [0.4, 0.5) is 5.82 Å². The van der Waals surface area contributed by atoms with Gasteiger partial charge in [0.05, 0.1) is 17.5 Å². The molecule has 6 nitrogen and oxygen atoms in total. The molecule has 2 aliphatic rings. The average Bonchev–Trinajstić information content (AvgIpc) is 3.47. The Bertz CT molecular complexity index is 1310. The van der Waals surface area contributed by atoms with Crippen molar-refractivity contribution in [2.24, 2.45) is 0 Å². The minimum atomic E-state index is 0.572. The molecule has 4 aromatic rings. The number of benzene rings is 1. The van der Waals surface area contributed by atoms with Gasteiger partial charge in [-0.1, -0.05) is 23.7 Å². The molecule has 1 atom stereocenters. The molecular weight excluding hydrogens is 418 g/mol. The Balaban J connectivity index is 1.43. The van der Waals surface area contributed by atoms with Crippen LogP contribution in [0.2, 0.25) is 5.02 Å². The van der Waals surface area contributed by atoms with Gasteiger partial charge in [0.2, 0.25) is 0 Å². The Morgan fingerprint density at radius 3 is 3.07 bits per heavy atom. The summed E-state index contributed by atoms with van der Waals surface area (Å²) in [6.07, 6.45) is 8.33. The number of thiophene rings is 1. The minimum absolute atomic E-state index is 0.572. The van der Waals surface area contributed by atoms with Crippen LogP contribution in [0.3, 0.4) is 0 Å². The van der Waals surface area contributed by atoms with Gasteiger partial charge in [0.1, 0.15) is 16.4 Å². The van der Waals surface area contributed by atoms with Crippen molar-refractivity contribution in [3.8, 4) is 11.7 Å². The van der Waals surface area contributed by atoms with Crippen LogP contribution >= 0.6 is 22.9 Å². The van der Waals surface area contributed by atoms with Crippen molar-refractivity contribution in [1.29, 1.82) is 0 Å². The molecule has 0 saturated heterocycles. The number of allylic oxidation sites excluding steroid dienone is 2. The first-order chi connectivity index (χ1) is 14.7. The van der Waals surface area contributed by atoms with Gasteiger partial charge in [-0.05, 0) is 42.2 Å². The van der Waals surface area contributed by atoms with Crippen molar-refractivity contribution < 1.29 is 4.74 Å². The molecule has 8 heteroatoms. The van der Waals surface area contributed by atoms with Crippen molar-refractivity contribution >= 4 is 44.5 Å². The summed E-state index contributed by atoms with van der Waals surface area (Å²) in [4.78, 5) is 12.1. The predicted molar refractivity (Wildman–Crippen MR) is 120 cm³/mol. The van der Waals surface area contributed by atoms with E-state index in [1.807, 2.05) is 30.5 Å². The smallest absolute Gasteiger partial charge is 0.253 e. The van der Waals surface area contributed by atoms with Crippen molar-refractivity contribution in [1.82, 2.24) is 19.7 Å². The highest BCUT2D eigenvalue weighted by Crippen LogP contribution is 2.59. The lowest BCUT2D eigenvalue weighted by Gasteiger charge is -2.26. The van der Waals surface area contributed by atoms with E-state index in [-0.39, 0.29) is 0 Å². The molecule has 0 amide bonds. The van der Waals surface area contributed by atoms with E-state index in [2.05, 4.69) is 16.5 Å². The lowest BCUT2D eigenvalue weighted by atomic mass is 9.80. The topological polar surface area (TPSA) is 64.9 Å². The average molecular weight is 436 g/mol. The third kappa shape index (κ3) is 2.66. The normalized spacial score (nSPS) is 16.7. The van der Waals surface area contributed by atoms with Crippen LogP contribution in [0.1, 0.15) is 34.8 Å². The van der Waals surface area contributed by atoms with Crippen molar-refractivity contribution in [2.75, 3.05) is 12.4 Å². The maximum absolute atomic E-state index is 6.30. The number of rotatable bonds is 5. The Morgan fingerprint density at radius 2 is 2.27 bits per heavy atom. The number of nitrogens with one attached hydrogen (secondary N) is 1. The third-order valence-electron chi connectivity index (χ3n) is 5.75. The fourth-order valence-corrected chi connectivity index (χ4v) is 5.96. The standard InChI is InChI=1S/C22H18ClN5OS/c1-29-16-7-6-12(10-15(16)23)11-24-20-18-17-13-4-2-5-14(13)19(17)30-21(18)27-22(26-20)28-9-3-8-25-28/h3-4,6-10,14H,2,5,11H2,1H3,(H,24,26,27). The molecule has 0 fully saturated rings. The largest absolute Gasteiger partial charge is 0.495 e. The highest BCUT2D eigenvalue weighted by molar-refractivity contribution is 7.19. The maximum Gasteiger partial charge on any atom is 0.253 e. The molecule has 6 rings (SSSR count). The van der Waals surface area contributed by atoms with Gasteiger partial charge in [-0.15, -0.1) is 11.3 Å². The molecule has 1 aromatic carbocycles. The fourth-order valence-electron chi connectivity index (χ4n) is 4.34. The number of ether oxygens (including phenoxy) is 1. The Kier molecular flexibility index (Phi) is 4.07. The first-order valence-corrected chi connectivity index (χ1v) is 11.0. The van der Waals surface area contributed by atoms with Gasteiger partial charge in [0.25, 0.3) is 5.95 Å². The minimum Gasteiger partial charge on any atom is -0.495 e. The molecule has 0 saturated carbocycles. The van der Waals surface area contributed by atoms with E-state index in [1.54, 1.807) is 29.3 Å². The van der Waals surface area contributed by atoms with E-state index >= 15 is 0 Å². The van der Waals surface area contributed by atoms with Gasteiger partial charge in [0.15, 0.2) is 0 Å². The quantitative estimate of drug-likeness (QED) is 0.453. The second-order valence-corrected chi connectivity index (χ2v) is 8.89. The number of anilines is 1. The molecular formula is C22H18ClN5OS. The van der Waals surface area contributed by atoms with Gasteiger partial charge in [-0.3, -0.25) is 0 Å². The van der Waals surface area contributed by atoms with Crippen LogP contribution in [0.15, 0.2) is 42.7 Å². The van der Waals surface area contributed by atoms with E-state index in [0.717, 1.165) is 28.0 Å². The number of halogens is 1. The van der Waals surface area contributed by atoms with E-state index in [9.17, 15) is 0 Å². The SMILES string of the molecule is COc1ccc(CNc2nc(-n3cccn3)nc3sc4c(c23)C2=CCCC24)cc1Cl. The lowest BCUT2D eigenvalue weighted by Crippen LogP contribution is -2.11. The number of fused-ring (bicyclic) bond motifs is 6.